The molecule has 0 heterocycles. The zero-order chi connectivity index (χ0) is 9.28. The Balaban J connectivity index is 0. The molecule has 0 amide bonds. The van der Waals surface area contributed by atoms with Gasteiger partial charge >= 0.3 is 5.97 Å². The summed E-state index contributed by atoms with van der Waals surface area (Å²) in [6.07, 6.45) is 1.14. The summed E-state index contributed by atoms with van der Waals surface area (Å²) in [7, 11) is 0. The zero-order valence-electron chi connectivity index (χ0n) is 6.23. The van der Waals surface area contributed by atoms with Crippen molar-refractivity contribution in [3.8, 4) is 0 Å². The second-order valence-electron chi connectivity index (χ2n) is 1.88. The molecule has 6 nitrogen and oxygen atoms in total. The molecule has 1 unspecified atom stereocenters. The Hall–Kier alpha value is -0.690. The number of carbonyl (C=O) groups is 1. The molecule has 11 heavy (non-hydrogen) atoms. The summed E-state index contributed by atoms with van der Waals surface area (Å²) in [5, 5.41) is 14.7. The first-order valence-corrected chi connectivity index (χ1v) is 3.12. The van der Waals surface area contributed by atoms with Crippen LogP contribution in [0.15, 0.2) is 0 Å². The molecule has 0 aromatic rings. The highest BCUT2D eigenvalue weighted by atomic mass is 16.4. The van der Waals surface area contributed by atoms with Crippen molar-refractivity contribution >= 4 is 5.97 Å². The predicted octanol–water partition coefficient (Wildman–Crippen LogP) is -1.53. The maximum Gasteiger partial charge on any atom is 0.320 e. The van der Waals surface area contributed by atoms with E-state index >= 15 is 0 Å². The van der Waals surface area contributed by atoms with Gasteiger partial charge in [-0.05, 0) is 19.4 Å². The van der Waals surface area contributed by atoms with E-state index in [2.05, 4.69) is 5.90 Å². The van der Waals surface area contributed by atoms with Gasteiger partial charge in [-0.1, -0.05) is 0 Å². The molecule has 6 heteroatoms. The van der Waals surface area contributed by atoms with Gasteiger partial charge in [0, 0.05) is 0 Å². The van der Waals surface area contributed by atoms with Crippen molar-refractivity contribution < 1.29 is 15.1 Å². The van der Waals surface area contributed by atoms with E-state index in [0.717, 1.165) is 0 Å². The Labute approximate surface area is 64.9 Å². The monoisotopic (exact) mass is 165 g/mol. The summed E-state index contributed by atoms with van der Waals surface area (Å²) in [6.45, 7) is 0.501. The van der Waals surface area contributed by atoms with Crippen LogP contribution in [0.5, 0.6) is 0 Å². The largest absolute Gasteiger partial charge is 0.480 e. The predicted molar refractivity (Wildman–Crippen MR) is 39.9 cm³/mol. The standard InChI is InChI=1S/C5H12N2O2.H3NO/c6-3-1-2-4(7)5(8)9;1-2/h4H,1-3,6-7H2,(H,8,9);2H,1H2. The normalized spacial score (nSPS) is 11.3. The Morgan fingerprint density at radius 3 is 2.18 bits per heavy atom. The molecular formula is C5H15N3O3. The van der Waals surface area contributed by atoms with Crippen molar-refractivity contribution in [3.05, 3.63) is 0 Å². The van der Waals surface area contributed by atoms with Gasteiger partial charge in [0.15, 0.2) is 0 Å². The number of nitrogens with two attached hydrogens (primary N) is 3. The van der Waals surface area contributed by atoms with Crippen molar-refractivity contribution in [2.24, 2.45) is 17.4 Å². The first-order chi connectivity index (χ1) is 5.18. The van der Waals surface area contributed by atoms with E-state index in [-0.39, 0.29) is 0 Å². The average molecular weight is 165 g/mol. The van der Waals surface area contributed by atoms with E-state index in [1.165, 1.54) is 0 Å². The molecular weight excluding hydrogens is 150 g/mol. The molecule has 0 bridgehead atoms. The lowest BCUT2D eigenvalue weighted by molar-refractivity contribution is -0.138. The van der Waals surface area contributed by atoms with Gasteiger partial charge in [-0.15, -0.1) is 0 Å². The highest BCUT2D eigenvalue weighted by molar-refractivity contribution is 5.72. The van der Waals surface area contributed by atoms with E-state index in [4.69, 9.17) is 21.8 Å². The summed E-state index contributed by atoms with van der Waals surface area (Å²) in [5.41, 5.74) is 10.3. The topological polar surface area (TPSA) is 136 Å². The van der Waals surface area contributed by atoms with Crippen LogP contribution >= 0.6 is 0 Å². The number of carboxylic acids is 1. The number of carboxylic acid groups (broad SMARTS) is 1. The number of rotatable bonds is 4. The molecule has 1 atom stereocenters. The fraction of sp³-hybridized carbons (Fsp3) is 0.800. The van der Waals surface area contributed by atoms with Gasteiger partial charge < -0.3 is 21.8 Å². The van der Waals surface area contributed by atoms with Crippen LogP contribution in [0.1, 0.15) is 12.8 Å². The van der Waals surface area contributed by atoms with Crippen LogP contribution in [0.4, 0.5) is 0 Å². The van der Waals surface area contributed by atoms with E-state index < -0.39 is 12.0 Å². The van der Waals surface area contributed by atoms with Gasteiger partial charge in [-0.2, -0.15) is 0 Å². The molecule has 68 valence electrons. The molecule has 0 aromatic heterocycles. The fourth-order valence-electron chi connectivity index (χ4n) is 0.461. The van der Waals surface area contributed by atoms with E-state index in [1.54, 1.807) is 0 Å². The summed E-state index contributed by atoms with van der Waals surface area (Å²) in [4.78, 5) is 10.0. The van der Waals surface area contributed by atoms with Crippen LogP contribution in [0, 0.1) is 0 Å². The van der Waals surface area contributed by atoms with Crippen LogP contribution in [-0.2, 0) is 4.79 Å². The van der Waals surface area contributed by atoms with E-state index in [9.17, 15) is 4.79 Å². The average Bonchev–Trinajstić information content (AvgIpc) is 2.03. The van der Waals surface area contributed by atoms with Crippen molar-refractivity contribution in [2.45, 2.75) is 18.9 Å². The molecule has 0 rings (SSSR count). The van der Waals surface area contributed by atoms with Crippen LogP contribution in [-0.4, -0.2) is 28.9 Å². The summed E-state index contributed by atoms with van der Waals surface area (Å²) >= 11 is 0. The zero-order valence-corrected chi connectivity index (χ0v) is 6.23. The highest BCUT2D eigenvalue weighted by Gasteiger charge is 2.08. The molecule has 0 aromatic carbocycles. The molecule has 0 aliphatic carbocycles. The maximum atomic E-state index is 10.0. The lowest BCUT2D eigenvalue weighted by Gasteiger charge is -2.02. The van der Waals surface area contributed by atoms with Gasteiger partial charge in [0.25, 0.3) is 0 Å². The minimum absolute atomic E-state index is 0.464. The Bertz CT molecular complexity index is 99.0. The molecule has 0 saturated heterocycles. The molecule has 0 aliphatic rings. The van der Waals surface area contributed by atoms with Gasteiger partial charge in [-0.25, -0.2) is 5.90 Å². The second kappa shape index (κ2) is 9.31. The Kier molecular flexibility index (Phi) is 11.0. The number of aliphatic carboxylic acids is 1. The molecule has 8 N–H and O–H groups in total. The number of hydrogen-bond donors (Lipinski definition) is 5. The van der Waals surface area contributed by atoms with E-state index in [0.29, 0.717) is 19.4 Å². The third kappa shape index (κ3) is 9.31. The van der Waals surface area contributed by atoms with Crippen molar-refractivity contribution in [1.82, 2.24) is 0 Å². The van der Waals surface area contributed by atoms with Gasteiger partial charge in [0.2, 0.25) is 0 Å². The third-order valence-corrected chi connectivity index (χ3v) is 1.04. The minimum Gasteiger partial charge on any atom is -0.480 e. The Morgan fingerprint density at radius 1 is 1.45 bits per heavy atom. The third-order valence-electron chi connectivity index (χ3n) is 1.04. The Morgan fingerprint density at radius 2 is 1.91 bits per heavy atom. The lowest BCUT2D eigenvalue weighted by atomic mass is 10.2. The van der Waals surface area contributed by atoms with Crippen LogP contribution in [0.2, 0.25) is 0 Å². The van der Waals surface area contributed by atoms with Crippen molar-refractivity contribution in [2.75, 3.05) is 6.54 Å². The lowest BCUT2D eigenvalue weighted by Crippen LogP contribution is -2.30. The van der Waals surface area contributed by atoms with Gasteiger partial charge in [0.1, 0.15) is 6.04 Å². The van der Waals surface area contributed by atoms with Crippen LogP contribution in [0.3, 0.4) is 0 Å². The summed E-state index contributed by atoms with van der Waals surface area (Å²) < 4.78 is 0. The van der Waals surface area contributed by atoms with Crippen molar-refractivity contribution in [1.29, 1.82) is 0 Å². The highest BCUT2D eigenvalue weighted by Crippen LogP contribution is 1.91. The van der Waals surface area contributed by atoms with Crippen molar-refractivity contribution in [3.63, 3.8) is 0 Å². The van der Waals surface area contributed by atoms with Gasteiger partial charge in [0.05, 0.1) is 0 Å². The molecule has 0 radical (unpaired) electrons. The maximum absolute atomic E-state index is 10.0. The van der Waals surface area contributed by atoms with E-state index in [1.807, 2.05) is 0 Å². The smallest absolute Gasteiger partial charge is 0.320 e. The quantitative estimate of drug-likeness (QED) is 0.321. The first kappa shape index (κ1) is 12.9. The summed E-state index contributed by atoms with van der Waals surface area (Å²) in [5.74, 6) is 2.54. The van der Waals surface area contributed by atoms with Crippen LogP contribution < -0.4 is 17.4 Å². The summed E-state index contributed by atoms with van der Waals surface area (Å²) in [6, 6.07) is -0.742. The SMILES string of the molecule is NCCCC(N)C(=O)O.NO. The molecule has 0 fully saturated rings. The minimum atomic E-state index is -0.955. The van der Waals surface area contributed by atoms with Gasteiger partial charge in [-0.3, -0.25) is 4.79 Å². The molecule has 0 spiro atoms. The second-order valence-corrected chi connectivity index (χ2v) is 1.88. The fourth-order valence-corrected chi connectivity index (χ4v) is 0.461. The molecule has 0 saturated carbocycles. The van der Waals surface area contributed by atoms with Crippen LogP contribution in [0.25, 0.3) is 0 Å². The number of hydrogen-bond acceptors (Lipinski definition) is 5. The molecule has 0 aliphatic heterocycles. The first-order valence-electron chi connectivity index (χ1n) is 3.12.